The molecule has 0 N–H and O–H groups in total. The van der Waals surface area contributed by atoms with Crippen LogP contribution in [0.1, 0.15) is 5.56 Å². The highest BCUT2D eigenvalue weighted by molar-refractivity contribution is 6.16. The second-order valence-corrected chi connectivity index (χ2v) is 3.27. The molecule has 2 amide bonds. The van der Waals surface area contributed by atoms with Gasteiger partial charge in [-0.05, 0) is 24.3 Å². The van der Waals surface area contributed by atoms with Crippen LogP contribution in [0.25, 0.3) is 0 Å². The molecule has 1 aliphatic rings. The fraction of sp³-hybridized carbons (Fsp3) is 0.182. The molecule has 1 saturated heterocycles. The third kappa shape index (κ3) is 1.78. The number of anilines is 1. The molecule has 80 valence electrons. The number of carbonyl (C=O) groups is 2. The van der Waals surface area contributed by atoms with Gasteiger partial charge in [0.2, 0.25) is 0 Å². The minimum absolute atomic E-state index is 0.0915. The van der Waals surface area contributed by atoms with Crippen LogP contribution in [-0.4, -0.2) is 25.0 Å². The first-order valence-electron chi connectivity index (χ1n) is 4.66. The summed E-state index contributed by atoms with van der Waals surface area (Å²) in [5.41, 5.74) is 0.953. The van der Waals surface area contributed by atoms with Crippen molar-refractivity contribution in [1.82, 2.24) is 0 Å². The van der Waals surface area contributed by atoms with Crippen LogP contribution in [0.4, 0.5) is 5.69 Å². The lowest BCUT2D eigenvalue weighted by atomic mass is 10.2. The highest BCUT2D eigenvalue weighted by atomic mass is 16.5. The number of amides is 2. The lowest BCUT2D eigenvalue weighted by molar-refractivity contribution is -0.138. The lowest BCUT2D eigenvalue weighted by Crippen LogP contribution is -2.46. The first kappa shape index (κ1) is 10.3. The topological polar surface area (TPSA) is 70.4 Å². The first-order valence-corrected chi connectivity index (χ1v) is 4.66. The summed E-state index contributed by atoms with van der Waals surface area (Å²) in [6, 6.07) is 8.23. The number of rotatable bonds is 1. The van der Waals surface area contributed by atoms with E-state index in [-0.39, 0.29) is 25.0 Å². The van der Waals surface area contributed by atoms with Gasteiger partial charge in [0.05, 0.1) is 17.3 Å². The van der Waals surface area contributed by atoms with Crippen LogP contribution in [-0.2, 0) is 14.3 Å². The Morgan fingerprint density at radius 3 is 2.19 bits per heavy atom. The van der Waals surface area contributed by atoms with Gasteiger partial charge in [0.25, 0.3) is 11.8 Å². The molecule has 5 nitrogen and oxygen atoms in total. The van der Waals surface area contributed by atoms with Crippen molar-refractivity contribution in [1.29, 1.82) is 5.26 Å². The van der Waals surface area contributed by atoms with Crippen LogP contribution in [0.2, 0.25) is 0 Å². The van der Waals surface area contributed by atoms with Crippen molar-refractivity contribution in [3.63, 3.8) is 0 Å². The largest absolute Gasteiger partial charge is 0.362 e. The Labute approximate surface area is 91.8 Å². The average Bonchev–Trinajstić information content (AvgIpc) is 2.30. The molecule has 1 aromatic carbocycles. The summed E-state index contributed by atoms with van der Waals surface area (Å²) in [4.78, 5) is 24.0. The molecule has 1 heterocycles. The number of benzene rings is 1. The van der Waals surface area contributed by atoms with Gasteiger partial charge < -0.3 is 4.74 Å². The van der Waals surface area contributed by atoms with Gasteiger partial charge in [0, 0.05) is 0 Å². The maximum atomic E-state index is 11.5. The quantitative estimate of drug-likeness (QED) is 0.639. The molecule has 0 atom stereocenters. The smallest absolute Gasteiger partial charge is 0.259 e. The zero-order valence-electron chi connectivity index (χ0n) is 8.34. The number of nitrogens with zero attached hydrogens (tertiary/aromatic N) is 2. The van der Waals surface area contributed by atoms with E-state index in [4.69, 9.17) is 10.00 Å². The Hall–Kier alpha value is -2.19. The zero-order valence-corrected chi connectivity index (χ0v) is 8.34. The predicted octanol–water partition coefficient (Wildman–Crippen LogP) is 0.448. The maximum Gasteiger partial charge on any atom is 0.259 e. The van der Waals surface area contributed by atoms with E-state index >= 15 is 0 Å². The summed E-state index contributed by atoms with van der Waals surface area (Å²) in [5.74, 6) is -0.776. The Balaban J connectivity index is 2.31. The standard InChI is InChI=1S/C11H8N2O3/c12-5-8-1-3-9(4-2-8)13-10(14)6-16-7-11(13)15/h1-4H,6-7H2. The molecule has 1 fully saturated rings. The predicted molar refractivity (Wildman–Crippen MR) is 54.5 cm³/mol. The third-order valence-corrected chi connectivity index (χ3v) is 2.20. The Bertz CT molecular complexity index is 457. The molecule has 0 radical (unpaired) electrons. The highest BCUT2D eigenvalue weighted by Crippen LogP contribution is 2.17. The Morgan fingerprint density at radius 2 is 1.69 bits per heavy atom. The van der Waals surface area contributed by atoms with Crippen LogP contribution < -0.4 is 4.90 Å². The number of carbonyl (C=O) groups excluding carboxylic acids is 2. The number of nitriles is 1. The van der Waals surface area contributed by atoms with E-state index < -0.39 is 0 Å². The minimum atomic E-state index is -0.388. The van der Waals surface area contributed by atoms with E-state index in [9.17, 15) is 9.59 Å². The highest BCUT2D eigenvalue weighted by Gasteiger charge is 2.27. The average molecular weight is 216 g/mol. The summed E-state index contributed by atoms with van der Waals surface area (Å²) in [7, 11) is 0. The molecule has 0 spiro atoms. The molecule has 0 unspecified atom stereocenters. The van der Waals surface area contributed by atoms with Crippen molar-refractivity contribution < 1.29 is 14.3 Å². The van der Waals surface area contributed by atoms with E-state index in [1.807, 2.05) is 6.07 Å². The van der Waals surface area contributed by atoms with E-state index in [2.05, 4.69) is 0 Å². The van der Waals surface area contributed by atoms with E-state index in [0.29, 0.717) is 11.3 Å². The molecule has 0 aliphatic carbocycles. The molecule has 1 aliphatic heterocycles. The van der Waals surface area contributed by atoms with Crippen molar-refractivity contribution in [2.24, 2.45) is 0 Å². The van der Waals surface area contributed by atoms with Crippen molar-refractivity contribution in [3.05, 3.63) is 29.8 Å². The van der Waals surface area contributed by atoms with Crippen LogP contribution in [0, 0.1) is 11.3 Å². The molecule has 5 heteroatoms. The minimum Gasteiger partial charge on any atom is -0.362 e. The molecule has 0 bridgehead atoms. The lowest BCUT2D eigenvalue weighted by Gasteiger charge is -2.24. The van der Waals surface area contributed by atoms with Crippen molar-refractivity contribution in [2.45, 2.75) is 0 Å². The van der Waals surface area contributed by atoms with E-state index in [0.717, 1.165) is 4.90 Å². The maximum absolute atomic E-state index is 11.5. The van der Waals surface area contributed by atoms with Gasteiger partial charge in [0.1, 0.15) is 13.2 Å². The third-order valence-electron chi connectivity index (χ3n) is 2.20. The van der Waals surface area contributed by atoms with Gasteiger partial charge >= 0.3 is 0 Å². The van der Waals surface area contributed by atoms with Crippen LogP contribution >= 0.6 is 0 Å². The summed E-state index contributed by atoms with van der Waals surface area (Å²) in [6.07, 6.45) is 0. The first-order chi connectivity index (χ1) is 7.72. The monoisotopic (exact) mass is 216 g/mol. The molecule has 0 saturated carbocycles. The summed E-state index contributed by atoms with van der Waals surface area (Å²) in [6.45, 7) is -0.183. The number of imide groups is 1. The molecule has 16 heavy (non-hydrogen) atoms. The SMILES string of the molecule is N#Cc1ccc(N2C(=O)COCC2=O)cc1. The summed E-state index contributed by atoms with van der Waals surface area (Å²) < 4.78 is 4.80. The van der Waals surface area contributed by atoms with Gasteiger partial charge in [-0.15, -0.1) is 0 Å². The van der Waals surface area contributed by atoms with E-state index in [1.54, 1.807) is 24.3 Å². The molecule has 2 rings (SSSR count). The molecular weight excluding hydrogens is 208 g/mol. The zero-order chi connectivity index (χ0) is 11.5. The second kappa shape index (κ2) is 4.13. The number of morpholine rings is 1. The van der Waals surface area contributed by atoms with Gasteiger partial charge in [-0.1, -0.05) is 0 Å². The number of hydrogen-bond donors (Lipinski definition) is 0. The van der Waals surface area contributed by atoms with Crippen molar-refractivity contribution >= 4 is 17.5 Å². The fourth-order valence-corrected chi connectivity index (χ4v) is 1.47. The molecule has 0 aromatic heterocycles. The van der Waals surface area contributed by atoms with Crippen LogP contribution in [0.15, 0.2) is 24.3 Å². The molecular formula is C11H8N2O3. The van der Waals surface area contributed by atoms with Gasteiger partial charge in [-0.3, -0.25) is 9.59 Å². The van der Waals surface area contributed by atoms with Crippen molar-refractivity contribution in [3.8, 4) is 6.07 Å². The van der Waals surface area contributed by atoms with Crippen LogP contribution in [0.5, 0.6) is 0 Å². The van der Waals surface area contributed by atoms with E-state index in [1.165, 1.54) is 0 Å². The second-order valence-electron chi connectivity index (χ2n) is 3.27. The number of hydrogen-bond acceptors (Lipinski definition) is 4. The van der Waals surface area contributed by atoms with Crippen LogP contribution in [0.3, 0.4) is 0 Å². The van der Waals surface area contributed by atoms with Gasteiger partial charge in [-0.25, -0.2) is 4.90 Å². The Morgan fingerprint density at radius 1 is 1.12 bits per heavy atom. The summed E-state index contributed by atoms with van der Waals surface area (Å²) >= 11 is 0. The fourth-order valence-electron chi connectivity index (χ4n) is 1.47. The number of ether oxygens (including phenoxy) is 1. The normalized spacial score (nSPS) is 16.1. The summed E-state index contributed by atoms with van der Waals surface area (Å²) in [5, 5.41) is 8.63. The van der Waals surface area contributed by atoms with Gasteiger partial charge in [-0.2, -0.15) is 5.26 Å². The Kier molecular flexibility index (Phi) is 2.66. The molecule has 1 aromatic rings. The van der Waals surface area contributed by atoms with Crippen molar-refractivity contribution in [2.75, 3.05) is 18.1 Å². The van der Waals surface area contributed by atoms with Gasteiger partial charge in [0.15, 0.2) is 0 Å².